The van der Waals surface area contributed by atoms with E-state index < -0.39 is 0 Å². The number of benzene rings is 1. The summed E-state index contributed by atoms with van der Waals surface area (Å²) in [5.74, 6) is 0. The minimum Gasteiger partial charge on any atom is -0.335 e. The minimum atomic E-state index is -0.243. The number of fused-ring (bicyclic) bond motifs is 1. The molecule has 24 heavy (non-hydrogen) atoms. The predicted octanol–water partition coefficient (Wildman–Crippen LogP) is 3.33. The SMILES string of the molecule is Cc1cc(NC(=O)NC(C)Cc2cc(C)[nH]n2)c2ncccc2c1. The predicted molar refractivity (Wildman–Crippen MR) is 95.1 cm³/mol. The summed E-state index contributed by atoms with van der Waals surface area (Å²) in [6.45, 7) is 5.91. The second kappa shape index (κ2) is 6.70. The van der Waals surface area contributed by atoms with E-state index in [9.17, 15) is 4.79 Å². The number of aromatic amines is 1. The molecule has 0 fully saturated rings. The first-order chi connectivity index (χ1) is 11.5. The van der Waals surface area contributed by atoms with E-state index in [-0.39, 0.29) is 12.1 Å². The lowest BCUT2D eigenvalue weighted by Gasteiger charge is -2.15. The van der Waals surface area contributed by atoms with E-state index >= 15 is 0 Å². The Bertz CT molecular complexity index is 871. The molecule has 1 unspecified atom stereocenters. The summed E-state index contributed by atoms with van der Waals surface area (Å²) in [6, 6.07) is 9.56. The van der Waals surface area contributed by atoms with Crippen molar-refractivity contribution in [2.24, 2.45) is 0 Å². The molecule has 1 aromatic carbocycles. The van der Waals surface area contributed by atoms with E-state index in [1.807, 2.05) is 51.1 Å². The van der Waals surface area contributed by atoms with Crippen molar-refractivity contribution in [2.75, 3.05) is 5.32 Å². The van der Waals surface area contributed by atoms with Crippen LogP contribution < -0.4 is 10.6 Å². The third kappa shape index (κ3) is 3.71. The van der Waals surface area contributed by atoms with Crippen LogP contribution >= 0.6 is 0 Å². The molecule has 124 valence electrons. The van der Waals surface area contributed by atoms with Crippen LogP contribution in [0.1, 0.15) is 23.9 Å². The van der Waals surface area contributed by atoms with Gasteiger partial charge in [0.2, 0.25) is 0 Å². The Balaban J connectivity index is 1.68. The van der Waals surface area contributed by atoms with E-state index in [1.165, 1.54) is 0 Å². The third-order valence-corrected chi connectivity index (χ3v) is 3.75. The molecule has 6 heteroatoms. The largest absolute Gasteiger partial charge is 0.335 e. The number of carbonyl (C=O) groups is 1. The monoisotopic (exact) mass is 323 g/mol. The molecule has 0 saturated heterocycles. The summed E-state index contributed by atoms with van der Waals surface area (Å²) < 4.78 is 0. The van der Waals surface area contributed by atoms with Gasteiger partial charge in [0.1, 0.15) is 0 Å². The van der Waals surface area contributed by atoms with Crippen LogP contribution in [0, 0.1) is 13.8 Å². The fourth-order valence-electron chi connectivity index (χ4n) is 2.76. The first-order valence-electron chi connectivity index (χ1n) is 7.95. The molecule has 3 rings (SSSR count). The Hall–Kier alpha value is -2.89. The van der Waals surface area contributed by atoms with E-state index in [1.54, 1.807) is 6.20 Å². The zero-order valence-electron chi connectivity index (χ0n) is 14.1. The highest BCUT2D eigenvalue weighted by molar-refractivity contribution is 6.00. The number of urea groups is 1. The molecule has 2 heterocycles. The molecule has 0 saturated carbocycles. The van der Waals surface area contributed by atoms with Crippen LogP contribution in [0.15, 0.2) is 36.5 Å². The molecule has 0 radical (unpaired) electrons. The summed E-state index contributed by atoms with van der Waals surface area (Å²) in [5.41, 5.74) is 4.52. The quantitative estimate of drug-likeness (QED) is 0.689. The lowest BCUT2D eigenvalue weighted by molar-refractivity contribution is 0.249. The van der Waals surface area contributed by atoms with Gasteiger partial charge in [0.15, 0.2) is 0 Å². The van der Waals surface area contributed by atoms with Gasteiger partial charge in [-0.05, 0) is 50.6 Å². The standard InChI is InChI=1S/C18H21N5O/c1-11-7-14-5-4-6-19-17(14)16(8-11)21-18(24)20-12(2)9-15-10-13(3)22-23-15/h4-8,10,12H,9H2,1-3H3,(H,22,23)(H2,20,21,24). The number of rotatable bonds is 4. The maximum Gasteiger partial charge on any atom is 0.319 e. The molecule has 0 aliphatic rings. The van der Waals surface area contributed by atoms with Crippen molar-refractivity contribution in [2.45, 2.75) is 33.2 Å². The molecule has 0 aliphatic carbocycles. The van der Waals surface area contributed by atoms with Crippen molar-refractivity contribution in [1.29, 1.82) is 0 Å². The van der Waals surface area contributed by atoms with E-state index in [0.717, 1.165) is 27.9 Å². The van der Waals surface area contributed by atoms with E-state index in [2.05, 4.69) is 25.8 Å². The van der Waals surface area contributed by atoms with Gasteiger partial charge in [0, 0.05) is 29.7 Å². The first kappa shape index (κ1) is 16.0. The zero-order chi connectivity index (χ0) is 17.1. The molecule has 0 bridgehead atoms. The van der Waals surface area contributed by atoms with Gasteiger partial charge in [0.25, 0.3) is 0 Å². The lowest BCUT2D eigenvalue weighted by atomic mass is 10.1. The zero-order valence-corrected chi connectivity index (χ0v) is 14.1. The smallest absolute Gasteiger partial charge is 0.319 e. The number of pyridine rings is 1. The highest BCUT2D eigenvalue weighted by atomic mass is 16.2. The summed E-state index contributed by atoms with van der Waals surface area (Å²) >= 11 is 0. The number of anilines is 1. The Morgan fingerprint density at radius 1 is 1.29 bits per heavy atom. The van der Waals surface area contributed by atoms with Crippen LogP contribution in [-0.2, 0) is 6.42 Å². The fraction of sp³-hybridized carbons (Fsp3) is 0.278. The highest BCUT2D eigenvalue weighted by Crippen LogP contribution is 2.23. The second-order valence-corrected chi connectivity index (χ2v) is 6.13. The van der Waals surface area contributed by atoms with Gasteiger partial charge in [-0.3, -0.25) is 10.1 Å². The molecule has 2 aromatic heterocycles. The second-order valence-electron chi connectivity index (χ2n) is 6.13. The molecule has 1 atom stereocenters. The maximum atomic E-state index is 12.3. The molecule has 6 nitrogen and oxygen atoms in total. The van der Waals surface area contributed by atoms with Gasteiger partial charge in [-0.25, -0.2) is 4.79 Å². The number of hydrogen-bond acceptors (Lipinski definition) is 3. The van der Waals surface area contributed by atoms with Gasteiger partial charge >= 0.3 is 6.03 Å². The van der Waals surface area contributed by atoms with Gasteiger partial charge in [0.05, 0.1) is 16.9 Å². The summed E-state index contributed by atoms with van der Waals surface area (Å²) in [4.78, 5) is 16.7. The van der Waals surface area contributed by atoms with Crippen molar-refractivity contribution < 1.29 is 4.79 Å². The van der Waals surface area contributed by atoms with Crippen molar-refractivity contribution in [1.82, 2.24) is 20.5 Å². The van der Waals surface area contributed by atoms with Crippen molar-refractivity contribution in [3.8, 4) is 0 Å². The average molecular weight is 323 g/mol. The number of amides is 2. The Labute approximate surface area is 140 Å². The van der Waals surface area contributed by atoms with Gasteiger partial charge < -0.3 is 10.6 Å². The van der Waals surface area contributed by atoms with Gasteiger partial charge in [-0.1, -0.05) is 6.07 Å². The molecule has 0 aliphatic heterocycles. The van der Waals surface area contributed by atoms with Gasteiger partial charge in [-0.15, -0.1) is 0 Å². The number of carbonyl (C=O) groups excluding carboxylic acids is 1. The maximum absolute atomic E-state index is 12.3. The molecule has 3 aromatic rings. The number of nitrogens with zero attached hydrogens (tertiary/aromatic N) is 2. The Kier molecular flexibility index (Phi) is 4.46. The van der Waals surface area contributed by atoms with Crippen molar-refractivity contribution >= 4 is 22.6 Å². The number of H-pyrrole nitrogens is 1. The molecular weight excluding hydrogens is 302 g/mol. The van der Waals surface area contributed by atoms with Gasteiger partial charge in [-0.2, -0.15) is 5.10 Å². The fourth-order valence-corrected chi connectivity index (χ4v) is 2.76. The van der Waals surface area contributed by atoms with Crippen LogP contribution in [0.25, 0.3) is 10.9 Å². The highest BCUT2D eigenvalue weighted by Gasteiger charge is 2.12. The first-order valence-corrected chi connectivity index (χ1v) is 7.95. The number of aryl methyl sites for hydroxylation is 2. The number of hydrogen-bond donors (Lipinski definition) is 3. The normalized spacial score (nSPS) is 12.1. The van der Waals surface area contributed by atoms with Crippen molar-refractivity contribution in [3.63, 3.8) is 0 Å². The van der Waals surface area contributed by atoms with Crippen LogP contribution in [-0.4, -0.2) is 27.3 Å². The Morgan fingerprint density at radius 3 is 2.88 bits per heavy atom. The van der Waals surface area contributed by atoms with Crippen LogP contribution in [0.4, 0.5) is 10.5 Å². The molecule has 0 spiro atoms. The average Bonchev–Trinajstić information content (AvgIpc) is 2.91. The molecule has 2 amide bonds. The van der Waals surface area contributed by atoms with Crippen LogP contribution in [0.3, 0.4) is 0 Å². The minimum absolute atomic E-state index is 0.0308. The third-order valence-electron chi connectivity index (χ3n) is 3.75. The molecule has 3 N–H and O–H groups in total. The Morgan fingerprint density at radius 2 is 2.12 bits per heavy atom. The van der Waals surface area contributed by atoms with Crippen LogP contribution in [0.5, 0.6) is 0 Å². The summed E-state index contributed by atoms with van der Waals surface area (Å²) in [7, 11) is 0. The number of aromatic nitrogens is 3. The topological polar surface area (TPSA) is 82.7 Å². The van der Waals surface area contributed by atoms with E-state index in [0.29, 0.717) is 12.1 Å². The summed E-state index contributed by atoms with van der Waals surface area (Å²) in [6.07, 6.45) is 2.40. The lowest BCUT2D eigenvalue weighted by Crippen LogP contribution is -2.37. The van der Waals surface area contributed by atoms with Crippen molar-refractivity contribution in [3.05, 3.63) is 53.5 Å². The number of nitrogens with one attached hydrogen (secondary N) is 3. The van der Waals surface area contributed by atoms with E-state index in [4.69, 9.17) is 0 Å². The summed E-state index contributed by atoms with van der Waals surface area (Å²) in [5, 5.41) is 14.0. The van der Waals surface area contributed by atoms with Crippen LogP contribution in [0.2, 0.25) is 0 Å². The molecular formula is C18H21N5O.